The van der Waals surface area contributed by atoms with Gasteiger partial charge in [-0.2, -0.15) is 0 Å². The summed E-state index contributed by atoms with van der Waals surface area (Å²) in [6.07, 6.45) is 0. The summed E-state index contributed by atoms with van der Waals surface area (Å²) in [6, 6.07) is 31.0. The number of rotatable bonds is 8. The summed E-state index contributed by atoms with van der Waals surface area (Å²) in [6.45, 7) is 1.66. The van der Waals surface area contributed by atoms with E-state index in [0.29, 0.717) is 22.3 Å². The zero-order valence-corrected chi connectivity index (χ0v) is 20.9. The Morgan fingerprint density at radius 1 is 0.564 bits per heavy atom. The van der Waals surface area contributed by atoms with Crippen LogP contribution in [0.5, 0.6) is 0 Å². The van der Waals surface area contributed by atoms with Crippen molar-refractivity contribution >= 4 is 23.9 Å². The Bertz CT molecular complexity index is 1410. The van der Waals surface area contributed by atoms with Gasteiger partial charge < -0.3 is 20.4 Å². The molecular weight excluding hydrogens is 500 g/mol. The van der Waals surface area contributed by atoms with Gasteiger partial charge in [0.2, 0.25) is 0 Å². The maximum atomic E-state index is 11.6. The predicted octanol–water partition coefficient (Wildman–Crippen LogP) is 5.53. The number of hydrogen-bond donors (Lipinski definition) is 4. The van der Waals surface area contributed by atoms with E-state index in [1.165, 1.54) is 12.1 Å². The molecule has 0 aromatic heterocycles. The third-order valence-electron chi connectivity index (χ3n) is 6.41. The summed E-state index contributed by atoms with van der Waals surface area (Å²) < 4.78 is 0. The molecule has 0 aliphatic heterocycles. The van der Waals surface area contributed by atoms with Crippen LogP contribution in [0.1, 0.15) is 38.8 Å². The first-order chi connectivity index (χ1) is 18.6. The van der Waals surface area contributed by atoms with E-state index in [-0.39, 0.29) is 11.1 Å². The van der Waals surface area contributed by atoms with E-state index in [0.717, 1.165) is 0 Å². The molecule has 8 nitrogen and oxygen atoms in total. The van der Waals surface area contributed by atoms with Gasteiger partial charge in [0.25, 0.3) is 0 Å². The molecule has 8 heteroatoms. The molecule has 0 saturated carbocycles. The van der Waals surface area contributed by atoms with Crippen LogP contribution in [0.4, 0.5) is 0 Å². The van der Waals surface area contributed by atoms with Gasteiger partial charge in [-0.1, -0.05) is 103 Å². The number of aliphatic carboxylic acids is 2. The van der Waals surface area contributed by atoms with E-state index in [4.69, 9.17) is 5.11 Å². The normalized spacial score (nSPS) is 10.7. The molecule has 0 aliphatic rings. The zero-order chi connectivity index (χ0) is 28.6. The van der Waals surface area contributed by atoms with Crippen LogP contribution in [0, 0.1) is 5.92 Å². The van der Waals surface area contributed by atoms with Crippen molar-refractivity contribution in [2.75, 3.05) is 0 Å². The molecule has 0 aliphatic carbocycles. The Morgan fingerprint density at radius 3 is 1.38 bits per heavy atom. The summed E-state index contributed by atoms with van der Waals surface area (Å²) in [7, 11) is 0. The molecule has 4 aromatic carbocycles. The van der Waals surface area contributed by atoms with Crippen molar-refractivity contribution in [3.63, 3.8) is 0 Å². The molecule has 0 saturated heterocycles. The van der Waals surface area contributed by atoms with E-state index in [9.17, 15) is 34.5 Å². The molecular formula is C31H26O8. The van der Waals surface area contributed by atoms with E-state index in [1.807, 2.05) is 18.2 Å². The van der Waals surface area contributed by atoms with Crippen LogP contribution in [-0.2, 0) is 15.0 Å². The van der Waals surface area contributed by atoms with Gasteiger partial charge in [-0.15, -0.1) is 0 Å². The topological polar surface area (TPSA) is 149 Å². The van der Waals surface area contributed by atoms with Crippen molar-refractivity contribution in [3.8, 4) is 11.1 Å². The minimum absolute atomic E-state index is 0.184. The van der Waals surface area contributed by atoms with Crippen LogP contribution in [0.3, 0.4) is 0 Å². The molecule has 4 aromatic rings. The smallest absolute Gasteiger partial charge is 0.337 e. The average molecular weight is 527 g/mol. The van der Waals surface area contributed by atoms with Crippen molar-refractivity contribution in [2.45, 2.75) is 12.3 Å². The Morgan fingerprint density at radius 2 is 1.00 bits per heavy atom. The molecule has 0 radical (unpaired) electrons. The fraction of sp³-hybridized carbons (Fsp3) is 0.0968. The number of hydrogen-bond acceptors (Lipinski definition) is 4. The van der Waals surface area contributed by atoms with Crippen molar-refractivity contribution in [1.82, 2.24) is 0 Å². The van der Waals surface area contributed by atoms with Crippen molar-refractivity contribution in [1.29, 1.82) is 0 Å². The molecule has 0 spiro atoms. The molecule has 0 unspecified atom stereocenters. The summed E-state index contributed by atoms with van der Waals surface area (Å²) in [5.74, 6) is -6.75. The maximum absolute atomic E-state index is 11.6. The first-order valence-corrected chi connectivity index (χ1v) is 11.8. The summed E-state index contributed by atoms with van der Waals surface area (Å²) in [5, 5.41) is 37.1. The van der Waals surface area contributed by atoms with Gasteiger partial charge in [0, 0.05) is 5.41 Å². The number of carbonyl (C=O) groups is 4. The molecule has 0 fully saturated rings. The maximum Gasteiger partial charge on any atom is 0.337 e. The zero-order valence-electron chi connectivity index (χ0n) is 20.9. The Balaban J connectivity index is 0.000000218. The Labute approximate surface area is 224 Å². The summed E-state index contributed by atoms with van der Waals surface area (Å²) in [4.78, 5) is 45.4. The van der Waals surface area contributed by atoms with E-state index >= 15 is 0 Å². The molecule has 4 rings (SSSR count). The minimum Gasteiger partial charge on any atom is -0.481 e. The van der Waals surface area contributed by atoms with Gasteiger partial charge >= 0.3 is 23.9 Å². The van der Waals surface area contributed by atoms with Crippen LogP contribution in [0.15, 0.2) is 109 Å². The quantitative estimate of drug-likeness (QED) is 0.219. The number of carboxylic acids is 4. The van der Waals surface area contributed by atoms with Gasteiger partial charge in [-0.05, 0) is 35.2 Å². The summed E-state index contributed by atoms with van der Waals surface area (Å²) >= 11 is 0. The highest BCUT2D eigenvalue weighted by atomic mass is 16.4. The van der Waals surface area contributed by atoms with Crippen molar-refractivity contribution in [3.05, 3.63) is 131 Å². The van der Waals surface area contributed by atoms with Crippen LogP contribution < -0.4 is 0 Å². The van der Waals surface area contributed by atoms with Crippen LogP contribution in [-0.4, -0.2) is 44.3 Å². The third-order valence-corrected chi connectivity index (χ3v) is 6.41. The lowest BCUT2D eigenvalue weighted by molar-refractivity contribution is -0.157. The lowest BCUT2D eigenvalue weighted by Crippen LogP contribution is -2.43. The molecule has 0 bridgehead atoms. The molecule has 0 amide bonds. The first-order valence-electron chi connectivity index (χ1n) is 11.8. The summed E-state index contributed by atoms with van der Waals surface area (Å²) in [5.41, 5.74) is 0.859. The first kappa shape index (κ1) is 28.3. The lowest BCUT2D eigenvalue weighted by Gasteiger charge is -2.34. The van der Waals surface area contributed by atoms with Crippen molar-refractivity contribution < 1.29 is 39.6 Å². The van der Waals surface area contributed by atoms with E-state index < -0.39 is 35.2 Å². The van der Waals surface area contributed by atoms with Gasteiger partial charge in [0.05, 0.1) is 11.1 Å². The monoisotopic (exact) mass is 526 g/mol. The van der Waals surface area contributed by atoms with Crippen LogP contribution >= 0.6 is 0 Å². The number of benzene rings is 4. The highest BCUT2D eigenvalue weighted by molar-refractivity contribution is 6.06. The predicted molar refractivity (Wildman–Crippen MR) is 144 cm³/mol. The van der Waals surface area contributed by atoms with Crippen LogP contribution in [0.2, 0.25) is 0 Å². The lowest BCUT2D eigenvalue weighted by atomic mass is 9.67. The average Bonchev–Trinajstić information content (AvgIpc) is 2.94. The standard InChI is InChI=1S/C17H16O4.C14H10O4/c1-17(12-8-4-2-5-9-12,13-10-6-3-7-11-13)14(15(18)19)16(20)21;15-13(16)11-8-4-7-10(12(11)14(17)18)9-5-2-1-3-6-9/h2-11,14H,1H3,(H,18,19)(H,20,21);1-8H,(H,15,16)(H,17,18). The van der Waals surface area contributed by atoms with Gasteiger partial charge in [0.1, 0.15) is 0 Å². The second kappa shape index (κ2) is 12.3. The highest BCUT2D eigenvalue weighted by Gasteiger charge is 2.47. The molecule has 0 atom stereocenters. The van der Waals surface area contributed by atoms with E-state index in [1.54, 1.807) is 85.8 Å². The molecule has 198 valence electrons. The van der Waals surface area contributed by atoms with Crippen LogP contribution in [0.25, 0.3) is 11.1 Å². The molecule has 0 heterocycles. The fourth-order valence-electron chi connectivity index (χ4n) is 4.49. The Hall–Kier alpha value is -5.24. The van der Waals surface area contributed by atoms with Gasteiger partial charge in [0.15, 0.2) is 5.92 Å². The number of carboxylic acid groups (broad SMARTS) is 4. The fourth-order valence-corrected chi connectivity index (χ4v) is 4.49. The highest BCUT2D eigenvalue weighted by Crippen LogP contribution is 2.39. The Kier molecular flexibility index (Phi) is 8.96. The largest absolute Gasteiger partial charge is 0.481 e. The molecule has 39 heavy (non-hydrogen) atoms. The van der Waals surface area contributed by atoms with Gasteiger partial charge in [-0.25, -0.2) is 9.59 Å². The second-order valence-electron chi connectivity index (χ2n) is 8.75. The van der Waals surface area contributed by atoms with Crippen molar-refractivity contribution in [2.24, 2.45) is 5.92 Å². The molecule has 4 N–H and O–H groups in total. The van der Waals surface area contributed by atoms with Gasteiger partial charge in [-0.3, -0.25) is 9.59 Å². The second-order valence-corrected chi connectivity index (χ2v) is 8.75. The minimum atomic E-state index is -1.57. The van der Waals surface area contributed by atoms with E-state index in [2.05, 4.69) is 0 Å². The number of aromatic carboxylic acids is 2. The third kappa shape index (κ3) is 6.19. The SMILES string of the molecule is CC(c1ccccc1)(c1ccccc1)C(C(=O)O)C(=O)O.O=C(O)c1cccc(-c2ccccc2)c1C(=O)O.